The van der Waals surface area contributed by atoms with Crippen LogP contribution in [0.4, 0.5) is 21.0 Å². The number of esters is 1. The van der Waals surface area contributed by atoms with Crippen LogP contribution in [0.2, 0.25) is 5.02 Å². The van der Waals surface area contributed by atoms with Crippen molar-refractivity contribution < 1.29 is 82.2 Å². The van der Waals surface area contributed by atoms with Gasteiger partial charge in [0.25, 0.3) is 17.7 Å². The lowest BCUT2D eigenvalue weighted by Gasteiger charge is -2.43. The summed E-state index contributed by atoms with van der Waals surface area (Å²) in [5.74, 6) is -7.99. The molecule has 3 heterocycles. The van der Waals surface area contributed by atoms with Gasteiger partial charge in [-0.15, -0.1) is 0 Å². The van der Waals surface area contributed by atoms with Gasteiger partial charge >= 0.3 is 18.1 Å². The third-order valence-corrected chi connectivity index (χ3v) is 16.1. The van der Waals surface area contributed by atoms with Gasteiger partial charge in [-0.2, -0.15) is 0 Å². The molecule has 0 spiro atoms. The molecule has 1 saturated heterocycles. The number of methoxy groups -OCH3 is 2. The van der Waals surface area contributed by atoms with Gasteiger partial charge in [0.15, 0.2) is 5.72 Å². The first kappa shape index (κ1) is 69.7. The van der Waals surface area contributed by atoms with E-state index in [1.165, 1.54) is 71.3 Å². The van der Waals surface area contributed by atoms with Crippen LogP contribution in [0.25, 0.3) is 0 Å². The lowest BCUT2D eigenvalue weighted by atomic mass is 9.81. The molecule has 476 valence electrons. The zero-order chi connectivity index (χ0) is 64.6. The monoisotopic (exact) mass is 1240 g/mol. The molecule has 3 aliphatic rings. The Labute approximate surface area is 510 Å². The van der Waals surface area contributed by atoms with Crippen molar-refractivity contribution in [2.45, 2.75) is 148 Å². The maximum Gasteiger partial charge on any atom is 0.409 e. The molecule has 87 heavy (non-hydrogen) atoms. The predicted octanol–water partition coefficient (Wildman–Crippen LogP) is 3.87. The second kappa shape index (κ2) is 31.5. The Hall–Kier alpha value is -8.07. The highest BCUT2D eigenvalue weighted by atomic mass is 35.5. The first-order valence-electron chi connectivity index (χ1n) is 28.7. The van der Waals surface area contributed by atoms with E-state index in [1.807, 2.05) is 6.92 Å². The molecule has 0 aliphatic carbocycles. The van der Waals surface area contributed by atoms with Gasteiger partial charge < -0.3 is 71.1 Å². The molecule has 10 atom stereocenters. The number of carbonyl (C=O) groups excluding carboxylic acids is 10. The van der Waals surface area contributed by atoms with Crippen LogP contribution in [-0.4, -0.2) is 174 Å². The fraction of sp³-hybridized carbons (Fsp3) is 0.533. The molecular formula is C60H82ClN9O17. The number of allylic oxidation sites excluding steroid dienone is 3. The number of amides is 10. The largest absolute Gasteiger partial charge is 0.506 e. The molecule has 0 radical (unpaired) electrons. The number of halogens is 1. The lowest BCUT2D eigenvalue weighted by molar-refractivity contribution is -0.165. The molecule has 2 aromatic carbocycles. The quantitative estimate of drug-likeness (QED) is 0.0350. The minimum atomic E-state index is -2.00. The number of aliphatic hydroxyl groups is 2. The van der Waals surface area contributed by atoms with E-state index >= 15 is 0 Å². The zero-order valence-corrected chi connectivity index (χ0v) is 51.4. The molecule has 10 amide bonds. The van der Waals surface area contributed by atoms with E-state index in [1.54, 1.807) is 51.1 Å². The number of phenolic OH excluding ortho intramolecular Hbond substituents is 1. The number of benzene rings is 2. The van der Waals surface area contributed by atoms with Gasteiger partial charge in [0.05, 0.1) is 31.0 Å². The van der Waals surface area contributed by atoms with Crippen molar-refractivity contribution in [1.82, 2.24) is 31.1 Å². The van der Waals surface area contributed by atoms with Crippen LogP contribution in [0.3, 0.4) is 0 Å². The summed E-state index contributed by atoms with van der Waals surface area (Å²) >= 11 is 6.81. The van der Waals surface area contributed by atoms with E-state index in [9.17, 15) is 63.3 Å². The van der Waals surface area contributed by atoms with Gasteiger partial charge in [-0.1, -0.05) is 69.5 Å². The van der Waals surface area contributed by atoms with E-state index in [0.29, 0.717) is 31.2 Å². The number of hydrogen-bond acceptors (Lipinski definition) is 17. The van der Waals surface area contributed by atoms with Crippen molar-refractivity contribution in [2.75, 3.05) is 51.6 Å². The second-order valence-electron chi connectivity index (χ2n) is 22.5. The van der Waals surface area contributed by atoms with Crippen LogP contribution in [0, 0.1) is 17.8 Å². The number of rotatable bonds is 22. The zero-order valence-electron chi connectivity index (χ0n) is 50.7. The smallest absolute Gasteiger partial charge is 0.409 e. The predicted molar refractivity (Wildman–Crippen MR) is 319 cm³/mol. The van der Waals surface area contributed by atoms with Crippen LogP contribution >= 0.6 is 11.6 Å². The molecule has 5 rings (SSSR count). The average molecular weight is 1240 g/mol. The summed E-state index contributed by atoms with van der Waals surface area (Å²) < 4.78 is 22.9. The Morgan fingerprint density at radius 3 is 2.28 bits per heavy atom. The van der Waals surface area contributed by atoms with E-state index in [-0.39, 0.29) is 66.5 Å². The summed E-state index contributed by atoms with van der Waals surface area (Å²) in [5.41, 5.74) is 4.69. The molecule has 3 aliphatic heterocycles. The molecule has 10 N–H and O–H groups in total. The van der Waals surface area contributed by atoms with Gasteiger partial charge in [0.2, 0.25) is 23.6 Å². The van der Waals surface area contributed by atoms with Gasteiger partial charge in [0.1, 0.15) is 53.0 Å². The minimum absolute atomic E-state index is 0.0313. The fourth-order valence-corrected chi connectivity index (χ4v) is 10.5. The number of carbonyl (C=O) groups is 10. The molecule has 0 saturated carbocycles. The maximum atomic E-state index is 14.4. The van der Waals surface area contributed by atoms with Crippen molar-refractivity contribution in [1.29, 1.82) is 0 Å². The van der Waals surface area contributed by atoms with Crippen LogP contribution in [0.15, 0.2) is 66.3 Å². The lowest BCUT2D eigenvalue weighted by Crippen LogP contribution is -2.64. The van der Waals surface area contributed by atoms with Crippen LogP contribution in [-0.2, 0) is 54.2 Å². The highest BCUT2D eigenvalue weighted by Gasteiger charge is 2.49. The van der Waals surface area contributed by atoms with Gasteiger partial charge in [0, 0.05) is 76.7 Å². The van der Waals surface area contributed by atoms with Gasteiger partial charge in [-0.25, -0.2) is 14.4 Å². The minimum Gasteiger partial charge on any atom is -0.506 e. The van der Waals surface area contributed by atoms with Crippen molar-refractivity contribution in [3.63, 3.8) is 0 Å². The number of primary amides is 1. The molecule has 26 nitrogen and oxygen atoms in total. The molecule has 27 heteroatoms. The number of unbranched alkanes of at least 4 members (excludes halogenated alkanes) is 2. The second-order valence-corrected chi connectivity index (χ2v) is 22.8. The highest BCUT2D eigenvalue weighted by molar-refractivity contribution is 6.35. The summed E-state index contributed by atoms with van der Waals surface area (Å²) in [4.78, 5) is 135. The summed E-state index contributed by atoms with van der Waals surface area (Å²) in [6.07, 6.45) is 2.42. The summed E-state index contributed by atoms with van der Waals surface area (Å²) in [5, 5.41) is 48.0. The Bertz CT molecular complexity index is 2970. The first-order valence-corrected chi connectivity index (χ1v) is 29.0. The van der Waals surface area contributed by atoms with E-state index in [4.69, 9.17) is 36.3 Å². The molecular weight excluding hydrogens is 1150 g/mol. The topological polar surface area (TPSA) is 364 Å². The summed E-state index contributed by atoms with van der Waals surface area (Å²) in [6.45, 7) is 9.93. The maximum absolute atomic E-state index is 14.4. The van der Waals surface area contributed by atoms with Crippen molar-refractivity contribution >= 4 is 82.4 Å². The SMILES string of the molecule is COc1cc2cc(c1Cl)N(C)C(=O)C[C@H](OC(=O)[C@H](C)N(C)C(=O)c1ccc(NC(=O)[C@H](CCCNC(N)=O)NC(=O)[C@@H](NC(=O)CCCCCN3C(=O)C=CC3=O)C(C)C)c(O)c1)[C@@H](C)[C@@H](O)[C@H](C)[C@@H]1C[C@@](O)(NC(=O)O1)[C@H](OC)/C=C/C=C(\C)C2. The van der Waals surface area contributed by atoms with Crippen LogP contribution in [0.1, 0.15) is 109 Å². The number of nitrogens with zero attached hydrogens (tertiary/aromatic N) is 3. The Morgan fingerprint density at radius 1 is 0.954 bits per heavy atom. The molecule has 0 aromatic heterocycles. The van der Waals surface area contributed by atoms with Crippen molar-refractivity contribution in [3.8, 4) is 11.5 Å². The number of imide groups is 1. The summed E-state index contributed by atoms with van der Waals surface area (Å²) in [7, 11) is 5.54. The number of likely N-dealkylation sites (N-methyl/N-ethyl adjacent to an activating group) is 1. The number of nitrogens with one attached hydrogen (secondary N) is 5. The number of urea groups is 1. The Morgan fingerprint density at radius 2 is 1.64 bits per heavy atom. The summed E-state index contributed by atoms with van der Waals surface area (Å²) in [6, 6.07) is 2.36. The number of hydrogen-bond donors (Lipinski definition) is 9. The number of anilines is 2. The van der Waals surface area contributed by atoms with E-state index in [2.05, 4.69) is 26.6 Å². The third kappa shape index (κ3) is 18.7. The highest BCUT2D eigenvalue weighted by Crippen LogP contribution is 2.38. The first-order chi connectivity index (χ1) is 41.0. The average Bonchev–Trinajstić information content (AvgIpc) is 2.52. The number of alkyl carbamates (subject to hydrolysis) is 1. The van der Waals surface area contributed by atoms with E-state index in [0.717, 1.165) is 21.4 Å². The molecule has 4 bridgehead atoms. The van der Waals surface area contributed by atoms with E-state index < -0.39 is 138 Å². The number of aliphatic hydroxyl groups excluding tert-OH is 1. The Balaban J connectivity index is 1.32. The van der Waals surface area contributed by atoms with Crippen molar-refractivity contribution in [3.05, 3.63) is 82.4 Å². The van der Waals surface area contributed by atoms with Crippen LogP contribution in [0.5, 0.6) is 11.5 Å². The molecule has 1 fully saturated rings. The van der Waals surface area contributed by atoms with Gasteiger partial charge in [-0.05, 0) is 87.8 Å². The molecule has 0 unspecified atom stereocenters. The number of fused-ring (bicyclic) bond motifs is 4. The third-order valence-electron chi connectivity index (χ3n) is 15.7. The van der Waals surface area contributed by atoms with Gasteiger partial charge in [-0.3, -0.25) is 43.8 Å². The molecule has 2 aromatic rings. The fourth-order valence-electron chi connectivity index (χ4n) is 10.2. The standard InChI is InChI=1S/C60H82ClN9O17/c1-32(2)52(66-47(72)19-12-11-13-25-70-48(73)22-23-49(70)74)55(78)65-40(17-15-24-63-58(62)81)54(77)64-39-21-20-38(29-42(39)71)56(79)68(7)36(6)57(80)86-43-30-50(75)69(8)41-27-37(28-44(84-9)51(41)61)26-33(3)16-14-18-46(85-10)60(83)31-45(87-59(82)67-60)35(5)53(76)34(43)4/h14,16,18,20-23,27-29,32,34-36,40,43,45-46,52-53,71,76,83H,11-13,15,17,19,24-26,30-31H2,1-10H3,(H,64,77)(H,65,78)(H,66,72)(H,67,82)(H3,62,63,81)/b18-14+,33-16+/t34-,35-,36+,40+,43+,45+,46-,52+,53-,60+/m1/s1. The van der Waals surface area contributed by atoms with Crippen LogP contribution < -0.4 is 42.0 Å². The number of aromatic hydroxyl groups is 1. The number of phenols is 1. The number of ether oxygens (including phenoxy) is 4. The van der Waals surface area contributed by atoms with Crippen molar-refractivity contribution in [2.24, 2.45) is 23.5 Å². The normalized spacial score (nSPS) is 23.7. The number of nitrogens with two attached hydrogens (primary N) is 1. The Kier molecular flexibility index (Phi) is 25.3.